The summed E-state index contributed by atoms with van der Waals surface area (Å²) in [6, 6.07) is 4.78. The zero-order valence-corrected chi connectivity index (χ0v) is 15.8. The molecule has 0 aliphatic carbocycles. The number of anilines is 1. The third kappa shape index (κ3) is 4.45. The Bertz CT molecular complexity index is 668. The minimum Gasteiger partial charge on any atom is -0.363 e. The maximum absolute atomic E-state index is 12.5. The van der Waals surface area contributed by atoms with Crippen molar-refractivity contribution in [1.82, 2.24) is 9.80 Å². The van der Waals surface area contributed by atoms with E-state index in [4.69, 9.17) is 11.6 Å². The first-order valence-electron chi connectivity index (χ1n) is 9.13. The predicted molar refractivity (Wildman–Crippen MR) is 102 cm³/mol. The highest BCUT2D eigenvalue weighted by Gasteiger charge is 2.27. The van der Waals surface area contributed by atoms with E-state index in [1.165, 1.54) is 6.07 Å². The van der Waals surface area contributed by atoms with Crippen molar-refractivity contribution in [1.29, 1.82) is 0 Å². The van der Waals surface area contributed by atoms with Gasteiger partial charge in [-0.25, -0.2) is 0 Å². The van der Waals surface area contributed by atoms with E-state index in [0.717, 1.165) is 39.0 Å². The van der Waals surface area contributed by atoms with Gasteiger partial charge in [0.15, 0.2) is 0 Å². The molecule has 0 bridgehead atoms. The van der Waals surface area contributed by atoms with Crippen molar-refractivity contribution in [3.05, 3.63) is 33.3 Å². The van der Waals surface area contributed by atoms with Crippen LogP contribution in [0, 0.1) is 16.0 Å². The zero-order chi connectivity index (χ0) is 18.7. The van der Waals surface area contributed by atoms with Gasteiger partial charge in [0.2, 0.25) is 5.91 Å². The van der Waals surface area contributed by atoms with E-state index in [0.29, 0.717) is 36.3 Å². The Morgan fingerprint density at radius 1 is 1.19 bits per heavy atom. The summed E-state index contributed by atoms with van der Waals surface area (Å²) in [7, 11) is 0. The van der Waals surface area contributed by atoms with Crippen LogP contribution in [0.15, 0.2) is 18.2 Å². The van der Waals surface area contributed by atoms with Crippen molar-refractivity contribution >= 4 is 28.9 Å². The Hall–Kier alpha value is -1.86. The highest BCUT2D eigenvalue weighted by Crippen LogP contribution is 2.31. The quantitative estimate of drug-likeness (QED) is 0.593. The number of benzene rings is 1. The van der Waals surface area contributed by atoms with E-state index in [-0.39, 0.29) is 11.6 Å². The summed E-state index contributed by atoms with van der Waals surface area (Å²) in [5.41, 5.74) is 0.625. The molecular formula is C18H25ClN4O3. The minimum absolute atomic E-state index is 0.0319. The molecule has 7 nitrogen and oxygen atoms in total. The number of piperazine rings is 1. The molecule has 0 spiro atoms. The number of nitrogens with zero attached hydrogens (tertiary/aromatic N) is 4. The maximum atomic E-state index is 12.5. The molecule has 0 unspecified atom stereocenters. The van der Waals surface area contributed by atoms with Crippen molar-refractivity contribution in [3.8, 4) is 0 Å². The standard InChI is InChI=1S/C18H25ClN4O3/c1-14-4-6-22(7-5-14)18(24)13-20-8-10-21(11-9-20)16-3-2-15(19)12-17(16)23(25)26/h2-3,12,14H,4-11,13H2,1H3. The van der Waals surface area contributed by atoms with E-state index in [1.807, 2.05) is 9.80 Å². The van der Waals surface area contributed by atoms with Crippen LogP contribution in [0.25, 0.3) is 0 Å². The number of piperidine rings is 1. The Kier molecular flexibility index (Phi) is 5.98. The molecule has 2 aliphatic rings. The van der Waals surface area contributed by atoms with Crippen LogP contribution >= 0.6 is 11.6 Å². The third-order valence-electron chi connectivity index (χ3n) is 5.34. The van der Waals surface area contributed by atoms with Crippen LogP contribution < -0.4 is 4.90 Å². The lowest BCUT2D eigenvalue weighted by Crippen LogP contribution is -2.51. The average molecular weight is 381 g/mol. The van der Waals surface area contributed by atoms with Crippen LogP contribution in [0.4, 0.5) is 11.4 Å². The minimum atomic E-state index is -0.394. The molecule has 2 saturated heterocycles. The number of hydrogen-bond acceptors (Lipinski definition) is 5. The smallest absolute Gasteiger partial charge is 0.294 e. The second kappa shape index (κ2) is 8.22. The first-order valence-corrected chi connectivity index (χ1v) is 9.51. The number of rotatable bonds is 4. The number of nitro benzene ring substituents is 1. The molecule has 1 amide bonds. The molecule has 1 aromatic rings. The van der Waals surface area contributed by atoms with Crippen molar-refractivity contribution in [3.63, 3.8) is 0 Å². The monoisotopic (exact) mass is 380 g/mol. The first kappa shape index (κ1) is 18.9. The van der Waals surface area contributed by atoms with Gasteiger partial charge in [0.1, 0.15) is 5.69 Å². The second-order valence-electron chi connectivity index (χ2n) is 7.22. The van der Waals surface area contributed by atoms with Crippen molar-refractivity contribution < 1.29 is 9.72 Å². The molecule has 2 heterocycles. The fraction of sp³-hybridized carbons (Fsp3) is 0.611. The molecule has 26 heavy (non-hydrogen) atoms. The van der Waals surface area contributed by atoms with Gasteiger partial charge in [0.05, 0.1) is 11.5 Å². The van der Waals surface area contributed by atoms with Gasteiger partial charge >= 0.3 is 0 Å². The van der Waals surface area contributed by atoms with E-state index in [2.05, 4.69) is 11.8 Å². The topological polar surface area (TPSA) is 69.9 Å². The molecule has 0 radical (unpaired) electrons. The van der Waals surface area contributed by atoms with Gasteiger partial charge in [-0.1, -0.05) is 18.5 Å². The predicted octanol–water partition coefficient (Wildman–Crippen LogP) is 2.63. The molecule has 0 atom stereocenters. The fourth-order valence-electron chi connectivity index (χ4n) is 3.61. The van der Waals surface area contributed by atoms with Gasteiger partial charge in [-0.2, -0.15) is 0 Å². The number of amides is 1. The molecule has 0 saturated carbocycles. The number of carbonyl (C=O) groups excluding carboxylic acids is 1. The lowest BCUT2D eigenvalue weighted by atomic mass is 9.99. The summed E-state index contributed by atoms with van der Waals surface area (Å²) in [6.45, 7) is 7.14. The summed E-state index contributed by atoms with van der Waals surface area (Å²) >= 11 is 5.89. The van der Waals surface area contributed by atoms with Gasteiger partial charge < -0.3 is 9.80 Å². The SMILES string of the molecule is CC1CCN(C(=O)CN2CCN(c3ccc(Cl)cc3[N+](=O)[O-])CC2)CC1. The van der Waals surface area contributed by atoms with Crippen LogP contribution in [0.3, 0.4) is 0 Å². The summed E-state index contributed by atoms with van der Waals surface area (Å²) < 4.78 is 0. The molecule has 0 N–H and O–H groups in total. The Labute approximate surface area is 158 Å². The second-order valence-corrected chi connectivity index (χ2v) is 7.65. The lowest BCUT2D eigenvalue weighted by molar-refractivity contribution is -0.384. The number of likely N-dealkylation sites (tertiary alicyclic amines) is 1. The van der Waals surface area contributed by atoms with Crippen LogP contribution in [0.5, 0.6) is 0 Å². The summed E-state index contributed by atoms with van der Waals surface area (Å²) in [5, 5.41) is 11.6. The van der Waals surface area contributed by atoms with Gasteiger partial charge in [0.25, 0.3) is 5.69 Å². The Morgan fingerprint density at radius 3 is 2.46 bits per heavy atom. The molecule has 142 valence electrons. The molecule has 3 rings (SSSR count). The molecule has 2 aliphatic heterocycles. The summed E-state index contributed by atoms with van der Waals surface area (Å²) in [5.74, 6) is 0.903. The average Bonchev–Trinajstić information content (AvgIpc) is 2.63. The lowest BCUT2D eigenvalue weighted by Gasteiger charge is -2.37. The van der Waals surface area contributed by atoms with E-state index < -0.39 is 4.92 Å². The highest BCUT2D eigenvalue weighted by atomic mass is 35.5. The van der Waals surface area contributed by atoms with E-state index >= 15 is 0 Å². The van der Waals surface area contributed by atoms with E-state index in [9.17, 15) is 14.9 Å². The van der Waals surface area contributed by atoms with Crippen LogP contribution in [0.2, 0.25) is 5.02 Å². The van der Waals surface area contributed by atoms with Gasteiger partial charge in [0, 0.05) is 50.4 Å². The molecule has 0 aromatic heterocycles. The fourth-order valence-corrected chi connectivity index (χ4v) is 3.77. The largest absolute Gasteiger partial charge is 0.363 e. The van der Waals surface area contributed by atoms with Crippen LogP contribution in [-0.4, -0.2) is 66.4 Å². The number of hydrogen-bond donors (Lipinski definition) is 0. The van der Waals surface area contributed by atoms with Crippen LogP contribution in [0.1, 0.15) is 19.8 Å². The van der Waals surface area contributed by atoms with Crippen molar-refractivity contribution in [2.75, 3.05) is 50.7 Å². The molecule has 8 heteroatoms. The van der Waals surface area contributed by atoms with Crippen molar-refractivity contribution in [2.45, 2.75) is 19.8 Å². The van der Waals surface area contributed by atoms with E-state index in [1.54, 1.807) is 12.1 Å². The molecule has 2 fully saturated rings. The third-order valence-corrected chi connectivity index (χ3v) is 5.58. The van der Waals surface area contributed by atoms with Crippen molar-refractivity contribution in [2.24, 2.45) is 5.92 Å². The summed E-state index contributed by atoms with van der Waals surface area (Å²) in [4.78, 5) is 29.5. The number of halogens is 1. The number of nitro groups is 1. The first-order chi connectivity index (χ1) is 12.4. The van der Waals surface area contributed by atoms with Gasteiger partial charge in [-0.05, 0) is 30.9 Å². The Balaban J connectivity index is 1.55. The van der Waals surface area contributed by atoms with Gasteiger partial charge in [-0.15, -0.1) is 0 Å². The highest BCUT2D eigenvalue weighted by molar-refractivity contribution is 6.30. The zero-order valence-electron chi connectivity index (χ0n) is 15.1. The Morgan fingerprint density at radius 2 is 1.85 bits per heavy atom. The molecular weight excluding hydrogens is 356 g/mol. The van der Waals surface area contributed by atoms with Crippen LogP contribution in [-0.2, 0) is 4.79 Å². The summed E-state index contributed by atoms with van der Waals surface area (Å²) in [6.07, 6.45) is 2.17. The maximum Gasteiger partial charge on any atom is 0.294 e. The molecule has 1 aromatic carbocycles. The van der Waals surface area contributed by atoms with Gasteiger partial charge in [-0.3, -0.25) is 19.8 Å². The normalized spacial score (nSPS) is 19.6. The number of carbonyl (C=O) groups is 1.